The number of aromatic nitrogens is 5. The van der Waals surface area contributed by atoms with Gasteiger partial charge in [-0.3, -0.25) is 4.79 Å². The van der Waals surface area contributed by atoms with Crippen LogP contribution in [-0.4, -0.2) is 43.1 Å². The fourth-order valence-electron chi connectivity index (χ4n) is 2.54. The van der Waals surface area contributed by atoms with Crippen LogP contribution in [-0.2, 0) is 4.79 Å². The standard InChI is InChI=1S/C18H15N7OS/c26-17(21-20-11-13-10-19-16-9-5-4-8-15(13)16)12-27-18-22-23-24-25(18)14-6-2-1-3-7-14/h1-11,19H,12H2,(H,21,26)/b20-11-. The number of hydrogen-bond acceptors (Lipinski definition) is 6. The summed E-state index contributed by atoms with van der Waals surface area (Å²) >= 11 is 1.24. The molecule has 2 heterocycles. The molecule has 2 aromatic carbocycles. The van der Waals surface area contributed by atoms with E-state index in [9.17, 15) is 4.79 Å². The van der Waals surface area contributed by atoms with Crippen molar-refractivity contribution in [2.24, 2.45) is 5.10 Å². The summed E-state index contributed by atoms with van der Waals surface area (Å²) in [5, 5.41) is 17.2. The largest absolute Gasteiger partial charge is 0.361 e. The Labute approximate surface area is 158 Å². The summed E-state index contributed by atoms with van der Waals surface area (Å²) in [6.45, 7) is 0. The van der Waals surface area contributed by atoms with E-state index in [0.29, 0.717) is 5.16 Å². The summed E-state index contributed by atoms with van der Waals surface area (Å²) in [6, 6.07) is 17.4. The summed E-state index contributed by atoms with van der Waals surface area (Å²) < 4.78 is 1.59. The van der Waals surface area contributed by atoms with Gasteiger partial charge in [0.1, 0.15) is 0 Å². The Kier molecular flexibility index (Phi) is 4.93. The van der Waals surface area contributed by atoms with E-state index in [1.165, 1.54) is 11.8 Å². The van der Waals surface area contributed by atoms with Crippen molar-refractivity contribution >= 4 is 34.8 Å². The lowest BCUT2D eigenvalue weighted by molar-refractivity contribution is -0.118. The third-order valence-corrected chi connectivity index (χ3v) is 4.71. The third-order valence-electron chi connectivity index (χ3n) is 3.79. The average molecular weight is 377 g/mol. The highest BCUT2D eigenvalue weighted by molar-refractivity contribution is 7.99. The number of para-hydroxylation sites is 2. The molecule has 134 valence electrons. The van der Waals surface area contributed by atoms with Crippen molar-refractivity contribution < 1.29 is 4.79 Å². The Morgan fingerprint density at radius 2 is 2.00 bits per heavy atom. The van der Waals surface area contributed by atoms with E-state index in [4.69, 9.17) is 0 Å². The van der Waals surface area contributed by atoms with Crippen LogP contribution in [0.1, 0.15) is 5.56 Å². The van der Waals surface area contributed by atoms with Gasteiger partial charge in [0.2, 0.25) is 5.16 Å². The zero-order valence-electron chi connectivity index (χ0n) is 14.1. The second-order valence-corrected chi connectivity index (χ2v) is 6.52. The highest BCUT2D eigenvalue weighted by atomic mass is 32.2. The van der Waals surface area contributed by atoms with Crippen LogP contribution in [0.2, 0.25) is 0 Å². The van der Waals surface area contributed by atoms with Gasteiger partial charge in [0.05, 0.1) is 17.7 Å². The Morgan fingerprint density at radius 3 is 2.89 bits per heavy atom. The van der Waals surface area contributed by atoms with Crippen LogP contribution in [0.3, 0.4) is 0 Å². The number of hydrogen-bond donors (Lipinski definition) is 2. The first-order chi connectivity index (χ1) is 13.3. The number of aromatic amines is 1. The van der Waals surface area contributed by atoms with Crippen molar-refractivity contribution in [2.75, 3.05) is 5.75 Å². The van der Waals surface area contributed by atoms with Gasteiger partial charge in [-0.25, -0.2) is 5.43 Å². The van der Waals surface area contributed by atoms with Crippen LogP contribution < -0.4 is 5.43 Å². The number of carbonyl (C=O) groups excluding carboxylic acids is 1. The van der Waals surface area contributed by atoms with Crippen LogP contribution in [0.25, 0.3) is 16.6 Å². The molecular weight excluding hydrogens is 362 g/mol. The van der Waals surface area contributed by atoms with Crippen LogP contribution in [0.4, 0.5) is 0 Å². The lowest BCUT2D eigenvalue weighted by Gasteiger charge is -2.03. The van der Waals surface area contributed by atoms with Crippen molar-refractivity contribution in [3.63, 3.8) is 0 Å². The fourth-order valence-corrected chi connectivity index (χ4v) is 3.22. The van der Waals surface area contributed by atoms with E-state index >= 15 is 0 Å². The van der Waals surface area contributed by atoms with Crippen molar-refractivity contribution in [3.05, 3.63) is 66.4 Å². The first-order valence-electron chi connectivity index (χ1n) is 8.16. The van der Waals surface area contributed by atoms with Gasteiger partial charge < -0.3 is 4.98 Å². The molecule has 0 bridgehead atoms. The minimum absolute atomic E-state index is 0.151. The molecule has 4 aromatic rings. The molecule has 8 nitrogen and oxygen atoms in total. The predicted octanol–water partition coefficient (Wildman–Crippen LogP) is 2.39. The molecule has 0 radical (unpaired) electrons. The maximum absolute atomic E-state index is 12.0. The molecular formula is C18H15N7OS. The zero-order valence-corrected chi connectivity index (χ0v) is 14.9. The lowest BCUT2D eigenvalue weighted by atomic mass is 10.2. The first-order valence-corrected chi connectivity index (χ1v) is 9.14. The number of carbonyl (C=O) groups is 1. The number of hydrazone groups is 1. The molecule has 4 rings (SSSR count). The molecule has 0 aliphatic rings. The molecule has 0 spiro atoms. The van der Waals surface area contributed by atoms with E-state index in [1.807, 2.05) is 60.8 Å². The molecule has 1 amide bonds. The maximum Gasteiger partial charge on any atom is 0.250 e. The molecule has 0 saturated heterocycles. The van der Waals surface area contributed by atoms with Gasteiger partial charge in [-0.1, -0.05) is 48.2 Å². The Balaban J connectivity index is 1.35. The van der Waals surface area contributed by atoms with Crippen LogP contribution in [0.15, 0.2) is 71.1 Å². The van der Waals surface area contributed by atoms with Crippen molar-refractivity contribution in [1.29, 1.82) is 0 Å². The number of amides is 1. The van der Waals surface area contributed by atoms with E-state index in [-0.39, 0.29) is 11.7 Å². The number of tetrazole rings is 1. The topological polar surface area (TPSA) is 101 Å². The number of nitrogens with zero attached hydrogens (tertiary/aromatic N) is 5. The van der Waals surface area contributed by atoms with E-state index in [0.717, 1.165) is 22.2 Å². The highest BCUT2D eigenvalue weighted by Gasteiger charge is 2.11. The molecule has 2 aromatic heterocycles. The molecule has 0 atom stereocenters. The normalized spacial score (nSPS) is 11.3. The number of H-pyrrole nitrogens is 1. The monoisotopic (exact) mass is 377 g/mol. The van der Waals surface area contributed by atoms with Crippen molar-refractivity contribution in [1.82, 2.24) is 30.6 Å². The Morgan fingerprint density at radius 1 is 1.19 bits per heavy atom. The first kappa shape index (κ1) is 17.0. The summed E-state index contributed by atoms with van der Waals surface area (Å²) in [5.41, 5.74) is 5.29. The molecule has 2 N–H and O–H groups in total. The number of benzene rings is 2. The summed E-state index contributed by atoms with van der Waals surface area (Å²) in [4.78, 5) is 15.2. The second kappa shape index (κ2) is 7.83. The van der Waals surface area contributed by atoms with Gasteiger partial charge in [-0.15, -0.1) is 5.10 Å². The van der Waals surface area contributed by atoms with Crippen molar-refractivity contribution in [3.8, 4) is 5.69 Å². The van der Waals surface area contributed by atoms with Gasteiger partial charge in [0, 0.05) is 22.7 Å². The van der Waals surface area contributed by atoms with Gasteiger partial charge in [0.25, 0.3) is 5.91 Å². The van der Waals surface area contributed by atoms with Gasteiger partial charge in [-0.05, 0) is 28.6 Å². The minimum atomic E-state index is -0.237. The zero-order chi connectivity index (χ0) is 18.5. The van der Waals surface area contributed by atoms with Gasteiger partial charge >= 0.3 is 0 Å². The third kappa shape index (κ3) is 3.87. The molecule has 27 heavy (non-hydrogen) atoms. The van der Waals surface area contributed by atoms with Crippen LogP contribution in [0.5, 0.6) is 0 Å². The SMILES string of the molecule is O=C(CSc1nnnn1-c1ccccc1)N/N=C\c1c[nH]c2ccccc12. The van der Waals surface area contributed by atoms with E-state index in [1.54, 1.807) is 10.9 Å². The number of nitrogens with one attached hydrogen (secondary N) is 2. The quantitative estimate of drug-likeness (QED) is 0.305. The molecule has 0 saturated carbocycles. The fraction of sp³-hybridized carbons (Fsp3) is 0.0556. The number of rotatable bonds is 6. The van der Waals surface area contributed by atoms with Crippen LogP contribution in [0, 0.1) is 0 Å². The lowest BCUT2D eigenvalue weighted by Crippen LogP contribution is -2.20. The van der Waals surface area contributed by atoms with E-state index in [2.05, 4.69) is 31.0 Å². The van der Waals surface area contributed by atoms with Crippen LogP contribution >= 0.6 is 11.8 Å². The predicted molar refractivity (Wildman–Crippen MR) is 104 cm³/mol. The van der Waals surface area contributed by atoms with Gasteiger partial charge in [0.15, 0.2) is 0 Å². The smallest absolute Gasteiger partial charge is 0.250 e. The summed E-state index contributed by atoms with van der Waals surface area (Å²) in [5.74, 6) is -0.0861. The molecule has 9 heteroatoms. The number of thioether (sulfide) groups is 1. The molecule has 0 unspecified atom stereocenters. The summed E-state index contributed by atoms with van der Waals surface area (Å²) in [6.07, 6.45) is 3.47. The summed E-state index contributed by atoms with van der Waals surface area (Å²) in [7, 11) is 0. The average Bonchev–Trinajstić information content (AvgIpc) is 3.34. The van der Waals surface area contributed by atoms with Gasteiger partial charge in [-0.2, -0.15) is 9.78 Å². The van der Waals surface area contributed by atoms with E-state index < -0.39 is 0 Å². The maximum atomic E-state index is 12.0. The minimum Gasteiger partial charge on any atom is -0.361 e. The Bertz CT molecular complexity index is 1090. The highest BCUT2D eigenvalue weighted by Crippen LogP contribution is 2.18. The number of fused-ring (bicyclic) bond motifs is 1. The molecule has 0 fully saturated rings. The Hall–Kier alpha value is -3.46. The molecule has 0 aliphatic carbocycles. The second-order valence-electron chi connectivity index (χ2n) is 5.58. The van der Waals surface area contributed by atoms with Crippen molar-refractivity contribution in [2.45, 2.75) is 5.16 Å². The molecule has 0 aliphatic heterocycles.